The van der Waals surface area contributed by atoms with E-state index in [0.29, 0.717) is 12.0 Å². The number of nitrogens with two attached hydrogens (primary N) is 1. The van der Waals surface area contributed by atoms with Gasteiger partial charge >= 0.3 is 0 Å². The molecule has 2 heterocycles. The molecular formula is C12H21N3O. The van der Waals surface area contributed by atoms with Gasteiger partial charge in [-0.05, 0) is 45.7 Å². The zero-order chi connectivity index (χ0) is 11.5. The van der Waals surface area contributed by atoms with E-state index in [-0.39, 0.29) is 0 Å². The van der Waals surface area contributed by atoms with E-state index in [1.165, 1.54) is 12.8 Å². The summed E-state index contributed by atoms with van der Waals surface area (Å²) in [4.78, 5) is 2.43. The quantitative estimate of drug-likeness (QED) is 0.844. The molecule has 1 aromatic heterocycles. The number of hydrogen-bond acceptors (Lipinski definition) is 4. The van der Waals surface area contributed by atoms with Crippen LogP contribution in [0.1, 0.15) is 31.2 Å². The summed E-state index contributed by atoms with van der Waals surface area (Å²) in [5, 5.41) is 4.02. The van der Waals surface area contributed by atoms with Gasteiger partial charge in [0.05, 0.1) is 5.69 Å². The molecule has 1 aliphatic heterocycles. The predicted octanol–water partition coefficient (Wildman–Crippen LogP) is 1.54. The largest absolute Gasteiger partial charge is 0.361 e. The molecule has 1 fully saturated rings. The molecule has 1 atom stereocenters. The standard InChI is InChI=1S/C12H21N3O/c1-9-7-12(14-16-9)8-15-5-3-11(4-6-15)10(2)13/h7,10-11H,3-6,8,13H2,1-2H3. The minimum Gasteiger partial charge on any atom is -0.361 e. The van der Waals surface area contributed by atoms with Crippen molar-refractivity contribution in [3.63, 3.8) is 0 Å². The van der Waals surface area contributed by atoms with Gasteiger partial charge in [0, 0.05) is 18.7 Å². The molecule has 90 valence electrons. The molecule has 1 aliphatic rings. The van der Waals surface area contributed by atoms with Gasteiger partial charge in [-0.3, -0.25) is 4.90 Å². The second-order valence-electron chi connectivity index (χ2n) is 4.90. The first-order chi connectivity index (χ1) is 7.65. The SMILES string of the molecule is Cc1cc(CN2CCC(C(C)N)CC2)no1. The molecule has 2 N–H and O–H groups in total. The Labute approximate surface area is 96.8 Å². The van der Waals surface area contributed by atoms with Gasteiger partial charge in [-0.15, -0.1) is 0 Å². The smallest absolute Gasteiger partial charge is 0.133 e. The fourth-order valence-electron chi connectivity index (χ4n) is 2.36. The first-order valence-corrected chi connectivity index (χ1v) is 6.05. The molecule has 2 rings (SSSR count). The third kappa shape index (κ3) is 2.83. The average Bonchev–Trinajstić information content (AvgIpc) is 2.65. The Morgan fingerprint density at radius 2 is 2.25 bits per heavy atom. The maximum absolute atomic E-state index is 5.92. The molecule has 0 radical (unpaired) electrons. The predicted molar refractivity (Wildman–Crippen MR) is 62.9 cm³/mol. The molecule has 0 aromatic carbocycles. The van der Waals surface area contributed by atoms with E-state index >= 15 is 0 Å². The maximum Gasteiger partial charge on any atom is 0.133 e. The summed E-state index contributed by atoms with van der Waals surface area (Å²) in [6, 6.07) is 2.34. The Bertz CT molecular complexity index is 327. The summed E-state index contributed by atoms with van der Waals surface area (Å²) in [5.41, 5.74) is 6.96. The summed E-state index contributed by atoms with van der Waals surface area (Å²) < 4.78 is 5.07. The van der Waals surface area contributed by atoms with Gasteiger partial charge in [-0.2, -0.15) is 0 Å². The number of hydrogen-bond donors (Lipinski definition) is 1. The number of rotatable bonds is 3. The van der Waals surface area contributed by atoms with Crippen molar-refractivity contribution in [2.75, 3.05) is 13.1 Å². The lowest BCUT2D eigenvalue weighted by Crippen LogP contribution is -2.39. The minimum atomic E-state index is 0.330. The molecule has 0 spiro atoms. The van der Waals surface area contributed by atoms with Gasteiger partial charge < -0.3 is 10.3 Å². The molecule has 1 unspecified atom stereocenters. The monoisotopic (exact) mass is 223 g/mol. The van der Waals surface area contributed by atoms with Gasteiger partial charge in [0.1, 0.15) is 5.76 Å². The molecule has 1 saturated heterocycles. The second kappa shape index (κ2) is 4.97. The number of nitrogens with zero attached hydrogens (tertiary/aromatic N) is 2. The van der Waals surface area contributed by atoms with Crippen molar-refractivity contribution >= 4 is 0 Å². The molecule has 16 heavy (non-hydrogen) atoms. The van der Waals surface area contributed by atoms with Crippen molar-refractivity contribution < 1.29 is 4.52 Å². The van der Waals surface area contributed by atoms with Crippen LogP contribution in [0.4, 0.5) is 0 Å². The summed E-state index contributed by atoms with van der Waals surface area (Å²) >= 11 is 0. The van der Waals surface area contributed by atoms with Crippen LogP contribution in [0.3, 0.4) is 0 Å². The molecule has 0 aliphatic carbocycles. The van der Waals surface area contributed by atoms with Crippen LogP contribution in [0.5, 0.6) is 0 Å². The average molecular weight is 223 g/mol. The zero-order valence-corrected chi connectivity index (χ0v) is 10.1. The molecule has 0 amide bonds. The van der Waals surface area contributed by atoms with Gasteiger partial charge in [0.15, 0.2) is 0 Å². The summed E-state index contributed by atoms with van der Waals surface area (Å²) in [5.74, 6) is 1.58. The number of likely N-dealkylation sites (tertiary alicyclic amines) is 1. The van der Waals surface area contributed by atoms with Crippen LogP contribution < -0.4 is 5.73 Å². The first kappa shape index (κ1) is 11.6. The van der Waals surface area contributed by atoms with Gasteiger partial charge in [-0.25, -0.2) is 0 Å². The van der Waals surface area contributed by atoms with E-state index in [0.717, 1.165) is 31.1 Å². The lowest BCUT2D eigenvalue weighted by molar-refractivity contribution is 0.162. The lowest BCUT2D eigenvalue weighted by atomic mass is 9.91. The number of aryl methyl sites for hydroxylation is 1. The van der Waals surface area contributed by atoms with E-state index in [2.05, 4.69) is 17.0 Å². The fraction of sp³-hybridized carbons (Fsp3) is 0.750. The van der Waals surface area contributed by atoms with Crippen molar-refractivity contribution in [2.24, 2.45) is 11.7 Å². The summed E-state index contributed by atoms with van der Waals surface area (Å²) in [7, 11) is 0. The van der Waals surface area contributed by atoms with Crippen LogP contribution in [0.25, 0.3) is 0 Å². The highest BCUT2D eigenvalue weighted by Gasteiger charge is 2.22. The van der Waals surface area contributed by atoms with E-state index in [1.54, 1.807) is 0 Å². The van der Waals surface area contributed by atoms with E-state index < -0.39 is 0 Å². The molecule has 4 heteroatoms. The van der Waals surface area contributed by atoms with Gasteiger partial charge in [0.2, 0.25) is 0 Å². The minimum absolute atomic E-state index is 0.330. The van der Waals surface area contributed by atoms with E-state index in [4.69, 9.17) is 10.3 Å². The summed E-state index contributed by atoms with van der Waals surface area (Å²) in [6.45, 7) is 7.19. The zero-order valence-electron chi connectivity index (χ0n) is 10.1. The van der Waals surface area contributed by atoms with Crippen LogP contribution in [0, 0.1) is 12.8 Å². The highest BCUT2D eigenvalue weighted by Crippen LogP contribution is 2.20. The van der Waals surface area contributed by atoms with Crippen LogP contribution in [0.2, 0.25) is 0 Å². The van der Waals surface area contributed by atoms with E-state index in [9.17, 15) is 0 Å². The first-order valence-electron chi connectivity index (χ1n) is 6.05. The number of aromatic nitrogens is 1. The summed E-state index contributed by atoms with van der Waals surface area (Å²) in [6.07, 6.45) is 2.41. The molecule has 0 bridgehead atoms. The Morgan fingerprint density at radius 3 is 2.75 bits per heavy atom. The van der Waals surface area contributed by atoms with E-state index in [1.807, 2.05) is 13.0 Å². The highest BCUT2D eigenvalue weighted by molar-refractivity contribution is 5.03. The third-order valence-corrected chi connectivity index (χ3v) is 3.44. The van der Waals surface area contributed by atoms with Crippen LogP contribution >= 0.6 is 0 Å². The van der Waals surface area contributed by atoms with Crippen LogP contribution in [-0.4, -0.2) is 29.2 Å². The third-order valence-electron chi connectivity index (χ3n) is 3.44. The van der Waals surface area contributed by atoms with Crippen molar-refractivity contribution in [3.8, 4) is 0 Å². The van der Waals surface area contributed by atoms with Crippen molar-refractivity contribution in [1.82, 2.24) is 10.1 Å². The normalized spacial score (nSPS) is 21.2. The van der Waals surface area contributed by atoms with Crippen LogP contribution in [-0.2, 0) is 6.54 Å². The molecular weight excluding hydrogens is 202 g/mol. The fourth-order valence-corrected chi connectivity index (χ4v) is 2.36. The van der Waals surface area contributed by atoms with Crippen molar-refractivity contribution in [2.45, 2.75) is 39.3 Å². The molecule has 0 saturated carbocycles. The Hall–Kier alpha value is -0.870. The Kier molecular flexibility index (Phi) is 3.61. The highest BCUT2D eigenvalue weighted by atomic mass is 16.5. The Balaban J connectivity index is 1.81. The van der Waals surface area contributed by atoms with Gasteiger partial charge in [-0.1, -0.05) is 5.16 Å². The Morgan fingerprint density at radius 1 is 1.56 bits per heavy atom. The van der Waals surface area contributed by atoms with Gasteiger partial charge in [0.25, 0.3) is 0 Å². The second-order valence-corrected chi connectivity index (χ2v) is 4.90. The molecule has 4 nitrogen and oxygen atoms in total. The molecule has 1 aromatic rings. The van der Waals surface area contributed by atoms with Crippen LogP contribution in [0.15, 0.2) is 10.6 Å². The maximum atomic E-state index is 5.92. The number of piperidine rings is 1. The lowest BCUT2D eigenvalue weighted by Gasteiger charge is -2.33. The topological polar surface area (TPSA) is 55.3 Å². The van der Waals surface area contributed by atoms with Crippen molar-refractivity contribution in [3.05, 3.63) is 17.5 Å². The van der Waals surface area contributed by atoms with Crippen molar-refractivity contribution in [1.29, 1.82) is 0 Å².